The van der Waals surface area contributed by atoms with Crippen LogP contribution in [-0.2, 0) is 22.6 Å². The highest BCUT2D eigenvalue weighted by Gasteiger charge is 2.11. The van der Waals surface area contributed by atoms with Gasteiger partial charge in [0.05, 0.1) is 0 Å². The lowest BCUT2D eigenvalue weighted by atomic mass is 10.2. The first-order valence-corrected chi connectivity index (χ1v) is 9.02. The van der Waals surface area contributed by atoms with Crippen molar-refractivity contribution in [2.45, 2.75) is 26.3 Å². The number of carbonyl (C=O) groups is 2. The van der Waals surface area contributed by atoms with Crippen LogP contribution in [0.15, 0.2) is 45.5 Å². The van der Waals surface area contributed by atoms with Gasteiger partial charge in [0.25, 0.3) is 0 Å². The van der Waals surface area contributed by atoms with Crippen LogP contribution in [0.5, 0.6) is 0 Å². The van der Waals surface area contributed by atoms with Crippen molar-refractivity contribution >= 4 is 28.8 Å². The predicted octanol–water partition coefficient (Wildman–Crippen LogP) is 3.01. The summed E-state index contributed by atoms with van der Waals surface area (Å²) in [5, 5.41) is 17.4. The smallest absolute Gasteiger partial charge is 0.248 e. The van der Waals surface area contributed by atoms with Crippen molar-refractivity contribution in [2.24, 2.45) is 0 Å². The van der Waals surface area contributed by atoms with Gasteiger partial charge in [-0.05, 0) is 29.1 Å². The Hall–Kier alpha value is -3.00. The Morgan fingerprint density at radius 2 is 2.12 bits per heavy atom. The van der Waals surface area contributed by atoms with Crippen LogP contribution in [0.1, 0.15) is 24.8 Å². The molecule has 0 spiro atoms. The van der Waals surface area contributed by atoms with Crippen LogP contribution in [-0.4, -0.2) is 22.0 Å². The van der Waals surface area contributed by atoms with Crippen LogP contribution in [0.4, 0.5) is 5.69 Å². The number of amides is 2. The van der Waals surface area contributed by atoms with Crippen molar-refractivity contribution in [3.8, 4) is 11.5 Å². The SMILES string of the molecule is CC(=O)Nc1cccc(CNC(=O)CCc2nnc(-c3ccsc3)o2)c1. The van der Waals surface area contributed by atoms with Crippen LogP contribution in [0.25, 0.3) is 11.5 Å². The number of hydrogen-bond donors (Lipinski definition) is 2. The minimum absolute atomic E-state index is 0.106. The van der Waals surface area contributed by atoms with Crippen LogP contribution >= 0.6 is 11.3 Å². The first-order chi connectivity index (χ1) is 12.6. The molecule has 26 heavy (non-hydrogen) atoms. The number of thiophene rings is 1. The molecule has 0 aliphatic rings. The molecular formula is C18H18N4O3S. The molecule has 0 unspecified atom stereocenters. The van der Waals surface area contributed by atoms with Gasteiger partial charge in [-0.3, -0.25) is 9.59 Å². The number of hydrogen-bond acceptors (Lipinski definition) is 6. The molecule has 3 rings (SSSR count). The maximum Gasteiger partial charge on any atom is 0.248 e. The third kappa shape index (κ3) is 5.00. The van der Waals surface area contributed by atoms with E-state index in [9.17, 15) is 9.59 Å². The minimum atomic E-state index is -0.132. The molecule has 2 amide bonds. The Morgan fingerprint density at radius 3 is 2.88 bits per heavy atom. The maximum atomic E-state index is 12.0. The molecule has 2 heterocycles. The number of benzene rings is 1. The molecule has 2 N–H and O–H groups in total. The van der Waals surface area contributed by atoms with E-state index in [1.165, 1.54) is 6.92 Å². The number of nitrogens with one attached hydrogen (secondary N) is 2. The van der Waals surface area contributed by atoms with Gasteiger partial charge >= 0.3 is 0 Å². The lowest BCUT2D eigenvalue weighted by Gasteiger charge is -2.07. The highest BCUT2D eigenvalue weighted by Crippen LogP contribution is 2.20. The highest BCUT2D eigenvalue weighted by molar-refractivity contribution is 7.08. The second-order valence-corrected chi connectivity index (χ2v) is 6.45. The molecule has 0 saturated carbocycles. The monoisotopic (exact) mass is 370 g/mol. The largest absolute Gasteiger partial charge is 0.421 e. The molecule has 0 atom stereocenters. The fourth-order valence-corrected chi connectivity index (χ4v) is 2.96. The Balaban J connectivity index is 1.47. The van der Waals surface area contributed by atoms with Gasteiger partial charge in [-0.25, -0.2) is 0 Å². The number of carbonyl (C=O) groups excluding carboxylic acids is 2. The van der Waals surface area contributed by atoms with Crippen LogP contribution < -0.4 is 10.6 Å². The Bertz CT molecular complexity index is 889. The first-order valence-electron chi connectivity index (χ1n) is 8.08. The molecule has 8 heteroatoms. The van der Waals surface area contributed by atoms with Crippen LogP contribution in [0.2, 0.25) is 0 Å². The van der Waals surface area contributed by atoms with Gasteiger partial charge in [-0.15, -0.1) is 10.2 Å². The molecule has 3 aromatic rings. The summed E-state index contributed by atoms with van der Waals surface area (Å²) in [7, 11) is 0. The van der Waals surface area contributed by atoms with Crippen molar-refractivity contribution in [1.29, 1.82) is 0 Å². The van der Waals surface area contributed by atoms with Gasteiger partial charge in [0.15, 0.2) is 0 Å². The number of rotatable bonds is 7. The third-order valence-electron chi connectivity index (χ3n) is 3.54. The molecule has 0 bridgehead atoms. The van der Waals surface area contributed by atoms with Gasteiger partial charge in [0, 0.05) is 42.9 Å². The van der Waals surface area contributed by atoms with Crippen molar-refractivity contribution < 1.29 is 14.0 Å². The quantitative estimate of drug-likeness (QED) is 0.666. The van der Waals surface area contributed by atoms with E-state index in [4.69, 9.17) is 4.42 Å². The van der Waals surface area contributed by atoms with Crippen molar-refractivity contribution in [3.05, 3.63) is 52.5 Å². The van der Waals surface area contributed by atoms with Crippen molar-refractivity contribution in [3.63, 3.8) is 0 Å². The summed E-state index contributed by atoms with van der Waals surface area (Å²) in [6.45, 7) is 1.84. The Labute approximate surface area is 154 Å². The highest BCUT2D eigenvalue weighted by atomic mass is 32.1. The summed E-state index contributed by atoms with van der Waals surface area (Å²) in [5.74, 6) is 0.670. The maximum absolute atomic E-state index is 12.0. The van der Waals surface area contributed by atoms with E-state index in [0.29, 0.717) is 30.4 Å². The van der Waals surface area contributed by atoms with E-state index in [1.807, 2.05) is 35.0 Å². The number of anilines is 1. The van der Waals surface area contributed by atoms with E-state index in [0.717, 1.165) is 11.1 Å². The van der Waals surface area contributed by atoms with E-state index in [2.05, 4.69) is 20.8 Å². The van der Waals surface area contributed by atoms with Gasteiger partial charge in [0.1, 0.15) is 0 Å². The van der Waals surface area contributed by atoms with Crippen LogP contribution in [0.3, 0.4) is 0 Å². The number of aromatic nitrogens is 2. The molecule has 134 valence electrons. The number of aryl methyl sites for hydroxylation is 1. The second kappa shape index (κ2) is 8.39. The minimum Gasteiger partial charge on any atom is -0.421 e. The topological polar surface area (TPSA) is 97.1 Å². The summed E-state index contributed by atoms with van der Waals surface area (Å²) in [5.41, 5.74) is 2.50. The van der Waals surface area contributed by atoms with Crippen molar-refractivity contribution in [2.75, 3.05) is 5.32 Å². The molecule has 2 aromatic heterocycles. The zero-order chi connectivity index (χ0) is 18.4. The zero-order valence-electron chi connectivity index (χ0n) is 14.2. The molecule has 0 fully saturated rings. The summed E-state index contributed by atoms with van der Waals surface area (Å²) in [4.78, 5) is 23.1. The molecule has 0 aliphatic heterocycles. The zero-order valence-corrected chi connectivity index (χ0v) is 15.0. The Morgan fingerprint density at radius 1 is 1.23 bits per heavy atom. The normalized spacial score (nSPS) is 10.5. The lowest BCUT2D eigenvalue weighted by molar-refractivity contribution is -0.121. The lowest BCUT2D eigenvalue weighted by Crippen LogP contribution is -2.23. The van der Waals surface area contributed by atoms with E-state index < -0.39 is 0 Å². The fraction of sp³-hybridized carbons (Fsp3) is 0.222. The van der Waals surface area contributed by atoms with E-state index in [-0.39, 0.29) is 18.2 Å². The van der Waals surface area contributed by atoms with Gasteiger partial charge in [0.2, 0.25) is 23.6 Å². The van der Waals surface area contributed by atoms with E-state index >= 15 is 0 Å². The van der Waals surface area contributed by atoms with Crippen molar-refractivity contribution in [1.82, 2.24) is 15.5 Å². The van der Waals surface area contributed by atoms with Gasteiger partial charge in [-0.1, -0.05) is 12.1 Å². The first kappa shape index (κ1) is 17.8. The summed E-state index contributed by atoms with van der Waals surface area (Å²) in [6.07, 6.45) is 0.644. The average molecular weight is 370 g/mol. The molecular weight excluding hydrogens is 352 g/mol. The summed E-state index contributed by atoms with van der Waals surface area (Å²) < 4.78 is 5.56. The number of nitrogens with zero attached hydrogens (tertiary/aromatic N) is 2. The predicted molar refractivity (Wildman–Crippen MR) is 98.5 cm³/mol. The average Bonchev–Trinajstić information content (AvgIpc) is 3.29. The van der Waals surface area contributed by atoms with Crippen LogP contribution in [0, 0.1) is 0 Å². The standard InChI is InChI=1S/C18H18N4O3S/c1-12(23)20-15-4-2-3-13(9-15)10-19-16(24)5-6-17-21-22-18(25-17)14-7-8-26-11-14/h2-4,7-9,11H,5-6,10H2,1H3,(H,19,24)(H,20,23). The molecule has 7 nitrogen and oxygen atoms in total. The third-order valence-corrected chi connectivity index (χ3v) is 4.22. The molecule has 0 radical (unpaired) electrons. The Kier molecular flexibility index (Phi) is 5.75. The van der Waals surface area contributed by atoms with Gasteiger partial charge < -0.3 is 15.1 Å². The molecule has 0 saturated heterocycles. The summed E-state index contributed by atoms with van der Waals surface area (Å²) >= 11 is 1.56. The van der Waals surface area contributed by atoms with Gasteiger partial charge in [-0.2, -0.15) is 11.3 Å². The summed E-state index contributed by atoms with van der Waals surface area (Å²) in [6, 6.07) is 9.25. The fourth-order valence-electron chi connectivity index (χ4n) is 2.33. The second-order valence-electron chi connectivity index (χ2n) is 5.67. The molecule has 0 aliphatic carbocycles. The molecule has 1 aromatic carbocycles. The van der Waals surface area contributed by atoms with E-state index in [1.54, 1.807) is 17.4 Å².